The summed E-state index contributed by atoms with van der Waals surface area (Å²) in [5.41, 5.74) is 0.222. The van der Waals surface area contributed by atoms with E-state index < -0.39 is 35.6 Å². The van der Waals surface area contributed by atoms with E-state index in [1.165, 1.54) is 26.0 Å². The largest absolute Gasteiger partial charge is 0.374 e. The van der Waals surface area contributed by atoms with Gasteiger partial charge in [-0.3, -0.25) is 38.4 Å². The van der Waals surface area contributed by atoms with Crippen molar-refractivity contribution in [1.82, 2.24) is 48.6 Å². The van der Waals surface area contributed by atoms with Crippen molar-refractivity contribution in [3.63, 3.8) is 0 Å². The Kier molecular flexibility index (Phi) is 10.5. The molecule has 6 aliphatic rings. The molecule has 3 amide bonds. The molecular formula is C44H52F3N13O5. The van der Waals surface area contributed by atoms with Crippen molar-refractivity contribution in [2.75, 3.05) is 80.6 Å². The molecule has 0 spiro atoms. The Morgan fingerprint density at radius 1 is 1.02 bits per heavy atom. The van der Waals surface area contributed by atoms with Crippen molar-refractivity contribution in [1.29, 1.82) is 0 Å². The predicted molar refractivity (Wildman–Crippen MR) is 232 cm³/mol. The fourth-order valence-corrected chi connectivity index (χ4v) is 11.2. The zero-order chi connectivity index (χ0) is 44.7. The molecule has 18 nitrogen and oxygen atoms in total. The number of carbonyl (C=O) groups excluding carboxylic acids is 3. The van der Waals surface area contributed by atoms with Gasteiger partial charge in [0.2, 0.25) is 11.8 Å². The molecule has 65 heavy (non-hydrogen) atoms. The van der Waals surface area contributed by atoms with Crippen LogP contribution in [0.5, 0.6) is 0 Å². The second kappa shape index (κ2) is 16.3. The fraction of sp³-hybridized carbons (Fsp3) is 0.568. The molecule has 1 aromatic carbocycles. The molecule has 5 aromatic rings. The number of alkyl halides is 3. The Labute approximate surface area is 371 Å². The summed E-state index contributed by atoms with van der Waals surface area (Å²) in [7, 11) is 1.65. The Hall–Kier alpha value is -5.80. The average Bonchev–Trinajstić information content (AvgIpc) is 4.14. The van der Waals surface area contributed by atoms with Crippen LogP contribution in [0, 0.1) is 5.92 Å². The zero-order valence-electron chi connectivity index (χ0n) is 36.1. The maximum Gasteiger partial charge on any atom is 0.329 e. The van der Waals surface area contributed by atoms with Crippen LogP contribution in [-0.4, -0.2) is 144 Å². The number of hydrogen-bond acceptors (Lipinski definition) is 12. The third-order valence-corrected chi connectivity index (χ3v) is 14.6. The van der Waals surface area contributed by atoms with Crippen LogP contribution in [0.15, 0.2) is 47.7 Å². The number of imide groups is 1. The molecule has 5 aliphatic heterocycles. The summed E-state index contributed by atoms with van der Waals surface area (Å²) in [5, 5.41) is 13.6. The lowest BCUT2D eigenvalue weighted by molar-refractivity contribution is -0.135. The van der Waals surface area contributed by atoms with E-state index in [-0.39, 0.29) is 67.0 Å². The maximum atomic E-state index is 16.2. The van der Waals surface area contributed by atoms with E-state index >= 15 is 4.39 Å². The number of morpholine rings is 1. The van der Waals surface area contributed by atoms with Crippen molar-refractivity contribution in [2.24, 2.45) is 13.0 Å². The number of amides is 3. The van der Waals surface area contributed by atoms with Crippen molar-refractivity contribution >= 4 is 51.6 Å². The van der Waals surface area contributed by atoms with Gasteiger partial charge in [-0.15, -0.1) is 0 Å². The van der Waals surface area contributed by atoms with Crippen molar-refractivity contribution in [3.8, 4) is 0 Å². The van der Waals surface area contributed by atoms with Crippen LogP contribution >= 0.6 is 0 Å². The van der Waals surface area contributed by atoms with Crippen molar-refractivity contribution < 1.29 is 32.3 Å². The lowest BCUT2D eigenvalue weighted by Crippen LogP contribution is -2.65. The van der Waals surface area contributed by atoms with Crippen molar-refractivity contribution in [2.45, 2.75) is 81.3 Å². The maximum absolute atomic E-state index is 16.2. The van der Waals surface area contributed by atoms with Gasteiger partial charge in [0, 0.05) is 71.7 Å². The summed E-state index contributed by atoms with van der Waals surface area (Å²) in [4.78, 5) is 64.9. The fourth-order valence-electron chi connectivity index (χ4n) is 11.2. The molecule has 1 aliphatic carbocycles. The highest BCUT2D eigenvalue weighted by molar-refractivity contribution is 6.08. The standard InChI is InChI=1S/C44H52F3N13O5/c1-53-38-32(3-2-4-33(38)60(43(53)64)34-9-10-36(61)51-42(34)63)56-24-44(47,25-56)23-55-15-13-54(14-16-55)19-26-5-7-27(8-6-26)59-21-31(37(52-59)39(45)46)49-41(62)30-18-48-58-12-11-35(50-40(30)58)57-20-29-17-28(57)22-65-29/h2-4,11-12,18,21,26-29,34,39H,5-10,13-17,19-20,22-25H2,1H3,(H,49,62)(H,51,61,63)/t26?,27?,28-,29-,34?/m1/s1. The Morgan fingerprint density at radius 2 is 1.80 bits per heavy atom. The first-order valence-corrected chi connectivity index (χ1v) is 22.7. The van der Waals surface area contributed by atoms with Crippen LogP contribution in [0.2, 0.25) is 0 Å². The van der Waals surface area contributed by atoms with Gasteiger partial charge in [-0.25, -0.2) is 27.5 Å². The lowest BCUT2D eigenvalue weighted by atomic mass is 9.85. The van der Waals surface area contributed by atoms with E-state index in [2.05, 4.69) is 35.5 Å². The van der Waals surface area contributed by atoms with Crippen LogP contribution < -0.4 is 26.1 Å². The molecule has 4 aromatic heterocycles. The zero-order valence-corrected chi connectivity index (χ0v) is 36.1. The van der Waals surface area contributed by atoms with Crippen LogP contribution in [-0.2, 0) is 21.4 Å². The molecule has 344 valence electrons. The number of halogens is 3. The van der Waals surface area contributed by atoms with Crippen LogP contribution in [0.1, 0.15) is 79.5 Å². The molecule has 2 N–H and O–H groups in total. The molecule has 1 unspecified atom stereocenters. The van der Waals surface area contributed by atoms with Gasteiger partial charge in [0.25, 0.3) is 12.3 Å². The summed E-state index contributed by atoms with van der Waals surface area (Å²) in [6, 6.07) is 6.70. The highest BCUT2D eigenvalue weighted by Gasteiger charge is 2.46. The molecule has 11 rings (SSSR count). The molecule has 0 radical (unpaired) electrons. The van der Waals surface area contributed by atoms with Gasteiger partial charge in [-0.2, -0.15) is 10.2 Å². The number of piperazine rings is 1. The smallest absolute Gasteiger partial charge is 0.329 e. The van der Waals surface area contributed by atoms with Crippen molar-refractivity contribution in [3.05, 3.63) is 64.6 Å². The van der Waals surface area contributed by atoms with E-state index in [9.17, 15) is 28.0 Å². The first kappa shape index (κ1) is 41.9. The number of aromatic nitrogens is 7. The summed E-state index contributed by atoms with van der Waals surface area (Å²) in [6.07, 6.45) is 6.67. The number of nitrogens with zero attached hydrogens (tertiary/aromatic N) is 11. The van der Waals surface area contributed by atoms with Gasteiger partial charge in [-0.1, -0.05) is 6.07 Å². The number of anilines is 3. The van der Waals surface area contributed by atoms with Gasteiger partial charge >= 0.3 is 5.69 Å². The number of hydrogen-bond donors (Lipinski definition) is 2. The minimum absolute atomic E-state index is 0.0230. The molecular weight excluding hydrogens is 848 g/mol. The molecule has 2 bridgehead atoms. The number of rotatable bonds is 11. The number of carbonyl (C=O) groups is 3. The van der Waals surface area contributed by atoms with Gasteiger partial charge in [-0.05, 0) is 62.6 Å². The quantitative estimate of drug-likeness (QED) is 0.186. The molecule has 21 heteroatoms. The van der Waals surface area contributed by atoms with Gasteiger partial charge in [0.05, 0.1) is 66.5 Å². The number of piperidine rings is 1. The summed E-state index contributed by atoms with van der Waals surface area (Å²) < 4.78 is 56.7. The van der Waals surface area contributed by atoms with E-state index in [1.54, 1.807) is 24.0 Å². The Morgan fingerprint density at radius 3 is 2.52 bits per heavy atom. The Balaban J connectivity index is 0.661. The van der Waals surface area contributed by atoms with Gasteiger partial charge in [0.1, 0.15) is 17.4 Å². The second-order valence-electron chi connectivity index (χ2n) is 18.9. The number of fused-ring (bicyclic) bond motifs is 4. The van der Waals surface area contributed by atoms with Gasteiger partial charge in [0.15, 0.2) is 17.0 Å². The highest BCUT2D eigenvalue weighted by atomic mass is 19.3. The average molecular weight is 900 g/mol. The molecule has 9 heterocycles. The third-order valence-electron chi connectivity index (χ3n) is 14.6. The number of para-hydroxylation sites is 1. The number of ether oxygens (including phenoxy) is 1. The highest BCUT2D eigenvalue weighted by Crippen LogP contribution is 2.39. The minimum Gasteiger partial charge on any atom is -0.374 e. The summed E-state index contributed by atoms with van der Waals surface area (Å²) in [5.74, 6) is -0.265. The molecule has 3 atom stereocenters. The predicted octanol–water partition coefficient (Wildman–Crippen LogP) is 3.30. The third kappa shape index (κ3) is 7.63. The van der Waals surface area contributed by atoms with E-state index in [0.29, 0.717) is 35.8 Å². The topological polar surface area (TPSA) is 172 Å². The van der Waals surface area contributed by atoms with E-state index in [0.717, 1.165) is 82.9 Å². The van der Waals surface area contributed by atoms with Crippen LogP contribution in [0.25, 0.3) is 16.7 Å². The SMILES string of the molecule is Cn1c(=O)n(C2CCC(=O)NC2=O)c2cccc(N3CC(F)(CN4CCN(CC5CCC(n6cc(NC(=O)c7cnn8ccc(N9C[C@H]%10C[C@@H]9CO%10)nc78)c(C(F)F)n6)CC5)CC4)C3)c21. The summed E-state index contributed by atoms with van der Waals surface area (Å²) in [6.45, 7) is 6.12. The number of benzene rings is 1. The second-order valence-corrected chi connectivity index (χ2v) is 18.9. The normalized spacial score (nSPS) is 26.1. The number of nitrogens with one attached hydrogen (secondary N) is 2. The first-order chi connectivity index (χ1) is 31.4. The molecule has 5 saturated heterocycles. The van der Waals surface area contributed by atoms with Crippen LogP contribution in [0.4, 0.5) is 30.4 Å². The first-order valence-electron chi connectivity index (χ1n) is 22.7. The molecule has 6 fully saturated rings. The minimum atomic E-state index is -2.88. The number of aryl methyl sites for hydroxylation is 1. The Bertz CT molecular complexity index is 2730. The van der Waals surface area contributed by atoms with Crippen LogP contribution in [0.3, 0.4) is 0 Å². The molecule has 1 saturated carbocycles. The monoisotopic (exact) mass is 899 g/mol. The lowest BCUT2D eigenvalue weighted by Gasteiger charge is -2.49. The van der Waals surface area contributed by atoms with E-state index in [1.807, 2.05) is 23.1 Å². The van der Waals surface area contributed by atoms with E-state index in [4.69, 9.17) is 9.72 Å². The van der Waals surface area contributed by atoms with Gasteiger partial charge < -0.3 is 24.8 Å². The number of imidazole rings is 1. The summed E-state index contributed by atoms with van der Waals surface area (Å²) >= 11 is 0.